The number of pyridine rings is 2. The van der Waals surface area contributed by atoms with Crippen molar-refractivity contribution in [1.29, 1.82) is 0 Å². The summed E-state index contributed by atoms with van der Waals surface area (Å²) in [4.78, 5) is 37.6. The van der Waals surface area contributed by atoms with Crippen LogP contribution in [-0.4, -0.2) is 65.2 Å². The van der Waals surface area contributed by atoms with E-state index < -0.39 is 6.03 Å². The number of carbonyl (C=O) groups excluding carboxylic acids is 1. The zero-order valence-corrected chi connectivity index (χ0v) is 28.7. The Balaban J connectivity index is 1.57. The van der Waals surface area contributed by atoms with Gasteiger partial charge in [0, 0.05) is 61.1 Å². The van der Waals surface area contributed by atoms with E-state index in [0.717, 1.165) is 72.3 Å². The highest BCUT2D eigenvalue weighted by Crippen LogP contribution is 2.35. The second-order valence-corrected chi connectivity index (χ2v) is 13.1. The van der Waals surface area contributed by atoms with E-state index in [1.54, 1.807) is 10.8 Å². The molecule has 2 aromatic carbocycles. The van der Waals surface area contributed by atoms with E-state index in [1.165, 1.54) is 0 Å². The van der Waals surface area contributed by atoms with Crippen LogP contribution in [0.25, 0.3) is 22.2 Å². The van der Waals surface area contributed by atoms with Gasteiger partial charge in [0.2, 0.25) is 0 Å². The van der Waals surface area contributed by atoms with E-state index in [-0.39, 0.29) is 23.1 Å². The number of benzene rings is 2. The maximum Gasteiger partial charge on any atom is 0.323 e. The molecule has 0 aliphatic carbocycles. The molecule has 0 radical (unpaired) electrons. The minimum absolute atomic E-state index is 0.206. The van der Waals surface area contributed by atoms with Gasteiger partial charge in [-0.3, -0.25) is 14.3 Å². The Bertz CT molecular complexity index is 1810. The number of aryl methyl sites for hydroxylation is 1. The zero-order chi connectivity index (χ0) is 33.5. The Labute approximate surface area is 279 Å². The number of amides is 2. The highest BCUT2D eigenvalue weighted by atomic mass is 16.2. The van der Waals surface area contributed by atoms with Crippen LogP contribution in [0.2, 0.25) is 0 Å². The quantitative estimate of drug-likeness (QED) is 0.189. The standard InChI is InChI=1S/C39H48N6O2/c1-7-8-21-45-37-33(18-11-19-40-37)34(30-15-9-13-29(26-30)14-12-20-44-24-22-43(6)23-25-44)36(38(45)46)42-39(47)41-35-31(27(2)3)16-10-17-32(35)28(4)5/h9-11,13,15-19,26-28H,7-8,20-25H2,1-6H3,(H2,41,42,47). The van der Waals surface area contributed by atoms with Gasteiger partial charge in [-0.15, -0.1) is 0 Å². The number of para-hydroxylation sites is 1. The minimum Gasteiger partial charge on any atom is -0.307 e. The molecule has 0 atom stereocenters. The van der Waals surface area contributed by atoms with Gasteiger partial charge >= 0.3 is 6.03 Å². The summed E-state index contributed by atoms with van der Waals surface area (Å²) in [5, 5.41) is 6.95. The number of hydrogen-bond donors (Lipinski definition) is 2. The molecule has 0 bridgehead atoms. The molecule has 47 heavy (non-hydrogen) atoms. The van der Waals surface area contributed by atoms with Gasteiger partial charge in [-0.1, -0.05) is 83.2 Å². The van der Waals surface area contributed by atoms with Crippen molar-refractivity contribution in [2.75, 3.05) is 50.4 Å². The lowest BCUT2D eigenvalue weighted by atomic mass is 9.93. The van der Waals surface area contributed by atoms with Crippen LogP contribution < -0.4 is 16.2 Å². The Hall–Kier alpha value is -4.45. The maximum atomic E-state index is 14.3. The molecule has 1 aliphatic heterocycles. The molecule has 1 saturated heterocycles. The van der Waals surface area contributed by atoms with Crippen LogP contribution in [-0.2, 0) is 6.54 Å². The number of hydrogen-bond acceptors (Lipinski definition) is 5. The summed E-state index contributed by atoms with van der Waals surface area (Å²) < 4.78 is 1.69. The summed E-state index contributed by atoms with van der Waals surface area (Å²) in [7, 11) is 2.15. The number of nitrogens with zero attached hydrogens (tertiary/aromatic N) is 4. The molecular formula is C39H48N6O2. The number of anilines is 2. The third-order valence-electron chi connectivity index (χ3n) is 8.89. The predicted molar refractivity (Wildman–Crippen MR) is 194 cm³/mol. The molecule has 0 spiro atoms. The monoisotopic (exact) mass is 632 g/mol. The van der Waals surface area contributed by atoms with Crippen molar-refractivity contribution in [1.82, 2.24) is 19.4 Å². The molecule has 0 unspecified atom stereocenters. The molecule has 2 N–H and O–H groups in total. The molecule has 1 aliphatic rings. The molecular weight excluding hydrogens is 584 g/mol. The molecule has 8 nitrogen and oxygen atoms in total. The van der Waals surface area contributed by atoms with E-state index in [0.29, 0.717) is 24.3 Å². The Kier molecular flexibility index (Phi) is 11.1. The lowest BCUT2D eigenvalue weighted by Crippen LogP contribution is -2.44. The van der Waals surface area contributed by atoms with Crippen molar-refractivity contribution in [2.24, 2.45) is 0 Å². The Morgan fingerprint density at radius 1 is 0.915 bits per heavy atom. The number of carbonyl (C=O) groups is 1. The first-order valence-corrected chi connectivity index (χ1v) is 16.9. The van der Waals surface area contributed by atoms with Crippen LogP contribution in [0.5, 0.6) is 0 Å². The van der Waals surface area contributed by atoms with Gasteiger partial charge in [0.05, 0.1) is 6.54 Å². The average molecular weight is 633 g/mol. The number of aromatic nitrogens is 2. The highest BCUT2D eigenvalue weighted by Gasteiger charge is 2.23. The fourth-order valence-electron chi connectivity index (χ4n) is 6.18. The molecule has 1 fully saturated rings. The first-order chi connectivity index (χ1) is 22.7. The third kappa shape index (κ3) is 7.93. The summed E-state index contributed by atoms with van der Waals surface area (Å²) in [6, 6.07) is 17.4. The largest absolute Gasteiger partial charge is 0.323 e. The van der Waals surface area contributed by atoms with Gasteiger partial charge in [-0.25, -0.2) is 9.78 Å². The first-order valence-electron chi connectivity index (χ1n) is 16.9. The molecule has 3 heterocycles. The topological polar surface area (TPSA) is 82.5 Å². The van der Waals surface area contributed by atoms with Crippen LogP contribution in [0, 0.1) is 11.8 Å². The minimum atomic E-state index is -0.452. The lowest BCUT2D eigenvalue weighted by molar-refractivity contribution is 0.168. The summed E-state index contributed by atoms with van der Waals surface area (Å²) in [5.74, 6) is 7.10. The van der Waals surface area contributed by atoms with Crippen molar-refractivity contribution in [3.05, 3.63) is 87.8 Å². The second kappa shape index (κ2) is 15.4. The average Bonchev–Trinajstić information content (AvgIpc) is 3.06. The fourth-order valence-corrected chi connectivity index (χ4v) is 6.18. The predicted octanol–water partition coefficient (Wildman–Crippen LogP) is 7.35. The number of rotatable bonds is 9. The molecule has 4 aromatic rings. The van der Waals surface area contributed by atoms with E-state index in [1.807, 2.05) is 54.6 Å². The van der Waals surface area contributed by atoms with E-state index in [4.69, 9.17) is 0 Å². The molecule has 0 saturated carbocycles. The van der Waals surface area contributed by atoms with E-state index in [2.05, 4.69) is 78.9 Å². The number of urea groups is 1. The SMILES string of the molecule is CCCCn1c(=O)c(NC(=O)Nc2c(C(C)C)cccc2C(C)C)c(-c2cccc(C#CCN3CCN(C)CC3)c2)c2cccnc21. The van der Waals surface area contributed by atoms with Gasteiger partial charge < -0.3 is 15.5 Å². The Morgan fingerprint density at radius 2 is 1.60 bits per heavy atom. The van der Waals surface area contributed by atoms with Gasteiger partial charge in [0.1, 0.15) is 11.3 Å². The van der Waals surface area contributed by atoms with Crippen molar-refractivity contribution >= 4 is 28.4 Å². The number of likely N-dealkylation sites (N-methyl/N-ethyl adjacent to an activating group) is 1. The normalized spacial score (nSPS) is 14.0. The molecule has 2 amide bonds. The zero-order valence-electron chi connectivity index (χ0n) is 28.7. The number of fused-ring (bicyclic) bond motifs is 1. The second-order valence-electron chi connectivity index (χ2n) is 13.1. The first kappa shape index (κ1) is 33.9. The number of nitrogens with one attached hydrogen (secondary N) is 2. The molecule has 246 valence electrons. The van der Waals surface area contributed by atoms with Crippen molar-refractivity contribution in [3.8, 4) is 23.0 Å². The number of piperazine rings is 1. The van der Waals surface area contributed by atoms with Crippen molar-refractivity contribution < 1.29 is 4.79 Å². The summed E-state index contributed by atoms with van der Waals surface area (Å²) in [6.07, 6.45) is 3.45. The Morgan fingerprint density at radius 3 is 2.28 bits per heavy atom. The molecule has 5 rings (SSSR count). The van der Waals surface area contributed by atoms with Crippen LogP contribution in [0.4, 0.5) is 16.2 Å². The summed E-state index contributed by atoms with van der Waals surface area (Å²) in [6.45, 7) is 15.9. The molecule has 8 heteroatoms. The fraction of sp³-hybridized carbons (Fsp3) is 0.410. The smallest absolute Gasteiger partial charge is 0.307 e. The van der Waals surface area contributed by atoms with E-state index in [9.17, 15) is 9.59 Å². The summed E-state index contributed by atoms with van der Waals surface area (Å²) >= 11 is 0. The van der Waals surface area contributed by atoms with Gasteiger partial charge in [-0.05, 0) is 66.3 Å². The van der Waals surface area contributed by atoms with Gasteiger partial charge in [0.15, 0.2) is 0 Å². The van der Waals surface area contributed by atoms with Crippen LogP contribution in [0.3, 0.4) is 0 Å². The molecule has 2 aromatic heterocycles. The highest BCUT2D eigenvalue weighted by molar-refractivity contribution is 6.07. The van der Waals surface area contributed by atoms with Crippen LogP contribution in [0.1, 0.15) is 76.0 Å². The third-order valence-corrected chi connectivity index (χ3v) is 8.89. The van der Waals surface area contributed by atoms with Crippen molar-refractivity contribution in [2.45, 2.75) is 65.8 Å². The van der Waals surface area contributed by atoms with Crippen LogP contribution in [0.15, 0.2) is 65.6 Å². The van der Waals surface area contributed by atoms with Crippen LogP contribution >= 0.6 is 0 Å². The lowest BCUT2D eigenvalue weighted by Gasteiger charge is -2.30. The van der Waals surface area contributed by atoms with Crippen molar-refractivity contribution in [3.63, 3.8) is 0 Å². The van der Waals surface area contributed by atoms with Gasteiger partial charge in [0.25, 0.3) is 5.56 Å². The van der Waals surface area contributed by atoms with E-state index >= 15 is 0 Å². The number of unbranched alkanes of at least 4 members (excludes halogenated alkanes) is 1. The summed E-state index contributed by atoms with van der Waals surface area (Å²) in [5.41, 5.74) is 5.76. The van der Waals surface area contributed by atoms with Gasteiger partial charge in [-0.2, -0.15) is 0 Å². The maximum absolute atomic E-state index is 14.3.